The van der Waals surface area contributed by atoms with Gasteiger partial charge in [-0.3, -0.25) is 14.2 Å². The Morgan fingerprint density at radius 1 is 1.22 bits per heavy atom. The van der Waals surface area contributed by atoms with Gasteiger partial charge in [0.1, 0.15) is 6.04 Å². The van der Waals surface area contributed by atoms with Crippen LogP contribution in [0.4, 0.5) is 0 Å². The van der Waals surface area contributed by atoms with E-state index in [2.05, 4.69) is 15.5 Å². The van der Waals surface area contributed by atoms with Crippen molar-refractivity contribution in [3.63, 3.8) is 0 Å². The summed E-state index contributed by atoms with van der Waals surface area (Å²) in [5.74, 6) is 0.0388. The summed E-state index contributed by atoms with van der Waals surface area (Å²) in [6, 6.07) is -0.379. The molecule has 0 bridgehead atoms. The molecule has 1 amide bonds. The number of nitrogens with zero attached hydrogens (tertiary/aromatic N) is 5. The summed E-state index contributed by atoms with van der Waals surface area (Å²) < 4.78 is 3.44. The number of carbonyl (C=O) groups excluding carboxylic acids is 1. The van der Waals surface area contributed by atoms with E-state index in [4.69, 9.17) is 0 Å². The molecule has 1 atom stereocenters. The van der Waals surface area contributed by atoms with Crippen molar-refractivity contribution in [3.8, 4) is 0 Å². The van der Waals surface area contributed by atoms with Crippen LogP contribution in [0, 0.1) is 0 Å². The summed E-state index contributed by atoms with van der Waals surface area (Å²) in [7, 11) is 5.50. The molecule has 0 saturated heterocycles. The van der Waals surface area contributed by atoms with E-state index in [0.717, 1.165) is 11.1 Å². The van der Waals surface area contributed by atoms with E-state index in [0.29, 0.717) is 13.1 Å². The Labute approximate surface area is 148 Å². The maximum Gasteiger partial charge on any atom is 0.244 e. The van der Waals surface area contributed by atoms with Crippen LogP contribution in [0.5, 0.6) is 0 Å². The number of rotatable bonds is 6. The zero-order chi connectivity index (χ0) is 15.4. The normalized spacial score (nSPS) is 11.3. The largest absolute Gasteiger partial charge is 0.337 e. The Hall–Kier alpha value is -1.57. The Bertz CT molecular complexity index is 612. The Kier molecular flexibility index (Phi) is 8.89. The second-order valence-corrected chi connectivity index (χ2v) is 5.04. The van der Waals surface area contributed by atoms with E-state index >= 15 is 0 Å². The molecule has 1 N–H and O–H groups in total. The minimum atomic E-state index is -0.379. The van der Waals surface area contributed by atoms with Crippen LogP contribution < -0.4 is 5.32 Å². The summed E-state index contributed by atoms with van der Waals surface area (Å²) in [6.07, 6.45) is 7.29. The van der Waals surface area contributed by atoms with Gasteiger partial charge in [0.2, 0.25) is 5.91 Å². The first-order chi connectivity index (χ1) is 10.0. The van der Waals surface area contributed by atoms with Crippen LogP contribution in [0.3, 0.4) is 0 Å². The fourth-order valence-electron chi connectivity index (χ4n) is 2.32. The molecule has 0 spiro atoms. The van der Waals surface area contributed by atoms with Crippen LogP contribution in [0.15, 0.2) is 24.8 Å². The molecule has 0 aliphatic heterocycles. The zero-order valence-electron chi connectivity index (χ0n) is 13.8. The van der Waals surface area contributed by atoms with Gasteiger partial charge in [-0.25, -0.2) is 0 Å². The number of halogens is 2. The van der Waals surface area contributed by atoms with Gasteiger partial charge in [-0.1, -0.05) is 0 Å². The highest BCUT2D eigenvalue weighted by Gasteiger charge is 2.25. The van der Waals surface area contributed by atoms with Gasteiger partial charge < -0.3 is 10.2 Å². The summed E-state index contributed by atoms with van der Waals surface area (Å²) in [5, 5.41) is 11.3. The second-order valence-electron chi connectivity index (χ2n) is 5.04. The lowest BCUT2D eigenvalue weighted by Gasteiger charge is -2.25. The van der Waals surface area contributed by atoms with Crippen molar-refractivity contribution in [1.29, 1.82) is 0 Å². The average molecular weight is 363 g/mol. The Morgan fingerprint density at radius 2 is 1.83 bits per heavy atom. The van der Waals surface area contributed by atoms with Crippen molar-refractivity contribution in [2.45, 2.75) is 19.5 Å². The number of nitrogens with one attached hydrogen (secondary N) is 1. The maximum absolute atomic E-state index is 12.7. The van der Waals surface area contributed by atoms with Gasteiger partial charge in [0.15, 0.2) is 0 Å². The van der Waals surface area contributed by atoms with Crippen LogP contribution in [-0.4, -0.2) is 44.0 Å². The van der Waals surface area contributed by atoms with E-state index in [1.807, 2.05) is 38.3 Å². The molecule has 23 heavy (non-hydrogen) atoms. The second kappa shape index (κ2) is 9.54. The van der Waals surface area contributed by atoms with E-state index in [1.165, 1.54) is 0 Å². The first-order valence-electron chi connectivity index (χ1n) is 6.97. The van der Waals surface area contributed by atoms with Crippen molar-refractivity contribution in [1.82, 2.24) is 29.8 Å². The van der Waals surface area contributed by atoms with E-state index in [-0.39, 0.29) is 36.8 Å². The lowest BCUT2D eigenvalue weighted by atomic mass is 10.1. The molecule has 0 aromatic carbocycles. The highest BCUT2D eigenvalue weighted by molar-refractivity contribution is 5.85. The smallest absolute Gasteiger partial charge is 0.244 e. The molecular formula is C14H24Cl2N6O. The molecule has 0 radical (unpaired) electrons. The van der Waals surface area contributed by atoms with Crippen LogP contribution in [0.25, 0.3) is 0 Å². The topological polar surface area (TPSA) is 68.0 Å². The third-order valence-corrected chi connectivity index (χ3v) is 3.42. The molecule has 2 rings (SSSR count). The predicted molar refractivity (Wildman–Crippen MR) is 93.8 cm³/mol. The average Bonchev–Trinajstić information content (AvgIpc) is 3.06. The van der Waals surface area contributed by atoms with Gasteiger partial charge in [-0.2, -0.15) is 10.2 Å². The molecule has 1 unspecified atom stereocenters. The third-order valence-electron chi connectivity index (χ3n) is 3.42. The number of amides is 1. The number of hydrogen-bond acceptors (Lipinski definition) is 4. The summed E-state index contributed by atoms with van der Waals surface area (Å²) >= 11 is 0. The molecule has 0 aliphatic carbocycles. The molecule has 0 fully saturated rings. The maximum atomic E-state index is 12.7. The molecule has 2 heterocycles. The summed E-state index contributed by atoms with van der Waals surface area (Å²) in [5.41, 5.74) is 1.89. The van der Waals surface area contributed by atoms with E-state index < -0.39 is 0 Å². The van der Waals surface area contributed by atoms with Gasteiger partial charge in [-0.15, -0.1) is 24.8 Å². The number of carbonyl (C=O) groups is 1. The lowest BCUT2D eigenvalue weighted by Crippen LogP contribution is -2.39. The fourth-order valence-corrected chi connectivity index (χ4v) is 2.32. The Balaban J connectivity index is 0.00000242. The predicted octanol–water partition coefficient (Wildman–Crippen LogP) is 1.31. The Morgan fingerprint density at radius 3 is 2.26 bits per heavy atom. The van der Waals surface area contributed by atoms with Crippen molar-refractivity contribution in [2.24, 2.45) is 14.1 Å². The van der Waals surface area contributed by atoms with E-state index in [1.54, 1.807) is 28.8 Å². The SMILES string of the molecule is CCN(Cc1cnn(C)c1)C(=O)C(NC)c1cnn(C)c1.Cl.Cl. The summed E-state index contributed by atoms with van der Waals surface area (Å²) in [6.45, 7) is 3.18. The number of aryl methyl sites for hydroxylation is 2. The summed E-state index contributed by atoms with van der Waals surface area (Å²) in [4.78, 5) is 14.5. The van der Waals surface area contributed by atoms with Crippen molar-refractivity contribution in [2.75, 3.05) is 13.6 Å². The van der Waals surface area contributed by atoms with Crippen molar-refractivity contribution >= 4 is 30.7 Å². The zero-order valence-corrected chi connectivity index (χ0v) is 15.4. The third kappa shape index (κ3) is 5.23. The minimum absolute atomic E-state index is 0. The van der Waals surface area contributed by atoms with Gasteiger partial charge in [-0.05, 0) is 14.0 Å². The van der Waals surface area contributed by atoms with Crippen molar-refractivity contribution < 1.29 is 4.79 Å². The molecule has 7 nitrogen and oxygen atoms in total. The van der Waals surface area contributed by atoms with Crippen LogP contribution in [0.2, 0.25) is 0 Å². The number of likely N-dealkylation sites (N-methyl/N-ethyl adjacent to an activating group) is 2. The van der Waals surface area contributed by atoms with Gasteiger partial charge in [0, 0.05) is 50.7 Å². The molecule has 2 aromatic heterocycles. The standard InChI is InChI=1S/C14H22N6O.2ClH/c1-5-20(9-11-6-16-18(3)8-11)14(21)13(15-2)12-7-17-19(4)10-12;;/h6-8,10,13,15H,5,9H2,1-4H3;2*1H. The molecule has 0 saturated carbocycles. The fraction of sp³-hybridized carbons (Fsp3) is 0.500. The first kappa shape index (κ1) is 21.4. The van der Waals surface area contributed by atoms with Crippen LogP contribution >= 0.6 is 24.8 Å². The van der Waals surface area contributed by atoms with Gasteiger partial charge in [0.25, 0.3) is 0 Å². The minimum Gasteiger partial charge on any atom is -0.337 e. The monoisotopic (exact) mass is 362 g/mol. The van der Waals surface area contributed by atoms with Crippen molar-refractivity contribution in [3.05, 3.63) is 35.9 Å². The molecular weight excluding hydrogens is 339 g/mol. The van der Waals surface area contributed by atoms with Crippen LogP contribution in [0.1, 0.15) is 24.1 Å². The van der Waals surface area contributed by atoms with Gasteiger partial charge >= 0.3 is 0 Å². The molecule has 9 heteroatoms. The highest BCUT2D eigenvalue weighted by Crippen LogP contribution is 2.16. The quantitative estimate of drug-likeness (QED) is 0.840. The van der Waals surface area contributed by atoms with E-state index in [9.17, 15) is 4.79 Å². The molecule has 2 aromatic rings. The molecule has 130 valence electrons. The number of aromatic nitrogens is 4. The lowest BCUT2D eigenvalue weighted by molar-refractivity contribution is -0.133. The van der Waals surface area contributed by atoms with Crippen LogP contribution in [-0.2, 0) is 25.4 Å². The number of hydrogen-bond donors (Lipinski definition) is 1. The first-order valence-corrected chi connectivity index (χ1v) is 6.97. The highest BCUT2D eigenvalue weighted by atomic mass is 35.5. The van der Waals surface area contributed by atoms with Gasteiger partial charge in [0.05, 0.1) is 12.4 Å². The molecule has 0 aliphatic rings.